The predicted molar refractivity (Wildman–Crippen MR) is 183 cm³/mol. The van der Waals surface area contributed by atoms with Crippen LogP contribution in [0.1, 0.15) is 31.4 Å². The van der Waals surface area contributed by atoms with Gasteiger partial charge in [-0.1, -0.05) is 60.7 Å². The van der Waals surface area contributed by atoms with Crippen LogP contribution in [0.4, 0.5) is 5.69 Å². The molecule has 9 nitrogen and oxygen atoms in total. The molecule has 6 aromatic rings. The highest BCUT2D eigenvalue weighted by Crippen LogP contribution is 2.33. The lowest BCUT2D eigenvalue weighted by Gasteiger charge is -2.32. The van der Waals surface area contributed by atoms with Crippen molar-refractivity contribution < 1.29 is 4.79 Å². The summed E-state index contributed by atoms with van der Waals surface area (Å²) in [7, 11) is 0. The van der Waals surface area contributed by atoms with E-state index in [1.54, 1.807) is 25.3 Å². The van der Waals surface area contributed by atoms with E-state index in [1.807, 2.05) is 59.2 Å². The van der Waals surface area contributed by atoms with Crippen LogP contribution < -0.4 is 16.6 Å². The number of carbonyl (C=O) groups is 1. The molecule has 0 aliphatic carbocycles. The van der Waals surface area contributed by atoms with Gasteiger partial charge in [-0.15, -0.1) is 0 Å². The number of fused-ring (bicyclic) bond motifs is 2. The monoisotopic (exact) mass is 610 g/mol. The van der Waals surface area contributed by atoms with Crippen molar-refractivity contribution >= 4 is 33.5 Å². The van der Waals surface area contributed by atoms with E-state index in [4.69, 9.17) is 4.98 Å². The number of H-pyrrole nitrogens is 2. The van der Waals surface area contributed by atoms with Gasteiger partial charge in [0, 0.05) is 48.7 Å². The quantitative estimate of drug-likeness (QED) is 0.185. The van der Waals surface area contributed by atoms with Gasteiger partial charge in [-0.05, 0) is 67.3 Å². The smallest absolute Gasteiger partial charge is 0.326 e. The number of aromatic nitrogens is 4. The molecular formula is C37H34N6O3. The maximum Gasteiger partial charge on any atom is 0.326 e. The lowest BCUT2D eigenvalue weighted by atomic mass is 9.97. The van der Waals surface area contributed by atoms with Crippen molar-refractivity contribution in [2.24, 2.45) is 0 Å². The van der Waals surface area contributed by atoms with Gasteiger partial charge in [-0.3, -0.25) is 19.1 Å². The lowest BCUT2D eigenvalue weighted by molar-refractivity contribution is -0.111. The van der Waals surface area contributed by atoms with Gasteiger partial charge >= 0.3 is 5.69 Å². The third-order valence-corrected chi connectivity index (χ3v) is 8.70. The van der Waals surface area contributed by atoms with Crippen molar-refractivity contribution in [3.63, 3.8) is 0 Å². The number of anilines is 1. The number of hydrogen-bond acceptors (Lipinski definition) is 5. The standard InChI is InChI=1S/C37H34N6O3/c1-2-6-34(44)39-27-13-14-32-33(21-27)43(37(46)41-32)28-16-19-42(20-17-28)23-24-9-11-26(12-10-24)35-29(25-7-4-3-5-8-25)22-30-31(40-35)15-18-38-36(30)45/h2-15,18,21-22,28H,16-17,19-20,23H2,1H3,(H,38,45)(H,39,44)(H,41,46)/b6-2+. The van der Waals surface area contributed by atoms with Crippen LogP contribution in [0.5, 0.6) is 0 Å². The molecule has 3 aromatic carbocycles. The lowest BCUT2D eigenvalue weighted by Crippen LogP contribution is -2.36. The zero-order valence-corrected chi connectivity index (χ0v) is 25.5. The Bertz CT molecular complexity index is 2190. The van der Waals surface area contributed by atoms with Gasteiger partial charge in [0.1, 0.15) is 0 Å². The number of benzene rings is 3. The van der Waals surface area contributed by atoms with Crippen molar-refractivity contribution in [1.82, 2.24) is 24.4 Å². The first-order chi connectivity index (χ1) is 22.5. The molecule has 0 atom stereocenters. The highest BCUT2D eigenvalue weighted by Gasteiger charge is 2.24. The van der Waals surface area contributed by atoms with Crippen LogP contribution in [0.15, 0.2) is 113 Å². The van der Waals surface area contributed by atoms with Gasteiger partial charge in [0.05, 0.1) is 27.6 Å². The van der Waals surface area contributed by atoms with Crippen molar-refractivity contribution in [2.45, 2.75) is 32.4 Å². The molecule has 0 spiro atoms. The number of nitrogens with one attached hydrogen (secondary N) is 3. The molecule has 1 aliphatic rings. The first kappa shape index (κ1) is 29.2. The second-order valence-electron chi connectivity index (χ2n) is 11.7. The number of aromatic amines is 2. The summed E-state index contributed by atoms with van der Waals surface area (Å²) in [6, 6.07) is 27.9. The molecule has 230 valence electrons. The fourth-order valence-corrected chi connectivity index (χ4v) is 6.43. The van der Waals surface area contributed by atoms with Gasteiger partial charge in [0.2, 0.25) is 5.91 Å². The van der Waals surface area contributed by atoms with E-state index in [0.29, 0.717) is 16.6 Å². The number of allylic oxidation sites excluding steroid dienone is 1. The van der Waals surface area contributed by atoms with Crippen LogP contribution in [0.3, 0.4) is 0 Å². The fourth-order valence-electron chi connectivity index (χ4n) is 6.43. The van der Waals surface area contributed by atoms with E-state index in [9.17, 15) is 14.4 Å². The summed E-state index contributed by atoms with van der Waals surface area (Å²) in [4.78, 5) is 50.6. The zero-order valence-electron chi connectivity index (χ0n) is 25.5. The Hall–Kier alpha value is -5.54. The third-order valence-electron chi connectivity index (χ3n) is 8.70. The van der Waals surface area contributed by atoms with Gasteiger partial charge in [-0.25, -0.2) is 9.78 Å². The molecule has 1 amide bonds. The fraction of sp³-hybridized carbons (Fsp3) is 0.189. The van der Waals surface area contributed by atoms with Crippen molar-refractivity contribution in [3.05, 3.63) is 130 Å². The Labute approximate surface area is 265 Å². The topological polar surface area (TPSA) is 116 Å². The average molecular weight is 611 g/mol. The number of carbonyl (C=O) groups excluding carboxylic acids is 1. The molecule has 0 radical (unpaired) electrons. The van der Waals surface area contributed by atoms with Crippen molar-refractivity contribution in [1.29, 1.82) is 0 Å². The Morgan fingerprint density at radius 1 is 0.957 bits per heavy atom. The number of likely N-dealkylation sites (tertiary alicyclic amines) is 1. The Morgan fingerprint density at radius 2 is 1.74 bits per heavy atom. The number of rotatable bonds is 7. The van der Waals surface area contributed by atoms with Gasteiger partial charge < -0.3 is 15.3 Å². The summed E-state index contributed by atoms with van der Waals surface area (Å²) < 4.78 is 1.85. The minimum absolute atomic E-state index is 0.0731. The number of amides is 1. The molecule has 46 heavy (non-hydrogen) atoms. The molecule has 1 fully saturated rings. The molecular weight excluding hydrogens is 576 g/mol. The van der Waals surface area contributed by atoms with Crippen LogP contribution in [-0.2, 0) is 11.3 Å². The zero-order chi connectivity index (χ0) is 31.6. The number of pyridine rings is 2. The Kier molecular flexibility index (Phi) is 7.90. The summed E-state index contributed by atoms with van der Waals surface area (Å²) in [5, 5.41) is 3.43. The molecule has 1 saturated heterocycles. The van der Waals surface area contributed by atoms with E-state index in [2.05, 4.69) is 44.5 Å². The highest BCUT2D eigenvalue weighted by atomic mass is 16.2. The molecule has 3 aromatic heterocycles. The molecule has 0 saturated carbocycles. The largest absolute Gasteiger partial charge is 0.328 e. The molecule has 9 heteroatoms. The van der Waals surface area contributed by atoms with Crippen LogP contribution in [0.25, 0.3) is 44.3 Å². The average Bonchev–Trinajstić information content (AvgIpc) is 3.40. The van der Waals surface area contributed by atoms with Gasteiger partial charge in [0.25, 0.3) is 5.56 Å². The molecule has 4 heterocycles. The molecule has 0 bridgehead atoms. The third kappa shape index (κ3) is 5.80. The summed E-state index contributed by atoms with van der Waals surface area (Å²) in [6.07, 6.45) is 6.49. The first-order valence-corrected chi connectivity index (χ1v) is 15.5. The van der Waals surface area contributed by atoms with E-state index >= 15 is 0 Å². The van der Waals surface area contributed by atoms with Crippen LogP contribution >= 0.6 is 0 Å². The summed E-state index contributed by atoms with van der Waals surface area (Å²) in [6.45, 7) is 4.33. The minimum atomic E-state index is -0.200. The van der Waals surface area contributed by atoms with Crippen LogP contribution in [0.2, 0.25) is 0 Å². The van der Waals surface area contributed by atoms with Crippen LogP contribution in [0, 0.1) is 0 Å². The Morgan fingerprint density at radius 3 is 2.50 bits per heavy atom. The number of piperidine rings is 1. The second kappa shape index (κ2) is 12.5. The summed E-state index contributed by atoms with van der Waals surface area (Å²) >= 11 is 0. The predicted octanol–water partition coefficient (Wildman–Crippen LogP) is 6.25. The van der Waals surface area contributed by atoms with E-state index in [-0.39, 0.29) is 23.2 Å². The van der Waals surface area contributed by atoms with Crippen molar-refractivity contribution in [2.75, 3.05) is 18.4 Å². The normalized spacial score (nSPS) is 14.4. The summed E-state index contributed by atoms with van der Waals surface area (Å²) in [5.74, 6) is -0.200. The minimum Gasteiger partial charge on any atom is -0.328 e. The Balaban J connectivity index is 1.07. The number of imidazole rings is 1. The van der Waals surface area contributed by atoms with Gasteiger partial charge in [-0.2, -0.15) is 0 Å². The molecule has 0 unspecified atom stereocenters. The van der Waals surface area contributed by atoms with Crippen LogP contribution in [-0.4, -0.2) is 43.4 Å². The number of hydrogen-bond donors (Lipinski definition) is 3. The molecule has 3 N–H and O–H groups in total. The van der Waals surface area contributed by atoms with E-state index < -0.39 is 0 Å². The summed E-state index contributed by atoms with van der Waals surface area (Å²) in [5.41, 5.74) is 7.56. The highest BCUT2D eigenvalue weighted by molar-refractivity contribution is 6.00. The molecule has 1 aliphatic heterocycles. The van der Waals surface area contributed by atoms with E-state index in [1.165, 1.54) is 11.6 Å². The molecule has 7 rings (SSSR count). The second-order valence-corrected chi connectivity index (χ2v) is 11.7. The first-order valence-electron chi connectivity index (χ1n) is 15.5. The maximum absolute atomic E-state index is 13.0. The van der Waals surface area contributed by atoms with Gasteiger partial charge in [0.15, 0.2) is 0 Å². The number of nitrogens with zero attached hydrogens (tertiary/aromatic N) is 3. The SMILES string of the molecule is C/C=C/C(=O)Nc1ccc2[nH]c(=O)n(C3CCN(Cc4ccc(-c5nc6cc[nH]c(=O)c6cc5-c5ccccc5)cc4)CC3)c2c1. The maximum atomic E-state index is 13.0. The van der Waals surface area contributed by atoms with Crippen molar-refractivity contribution in [3.8, 4) is 22.4 Å². The van der Waals surface area contributed by atoms with E-state index in [0.717, 1.165) is 65.9 Å².